The number of methoxy groups -OCH3 is 1. The van der Waals surface area contributed by atoms with Crippen LogP contribution in [-0.2, 0) is 9.53 Å². The number of carbonyl (C=O) groups is 1. The highest BCUT2D eigenvalue weighted by Crippen LogP contribution is 2.51. The number of hydrogen-bond donors (Lipinski definition) is 1. The zero-order valence-corrected chi connectivity index (χ0v) is 20.0. The molecule has 2 rings (SSSR count). The van der Waals surface area contributed by atoms with E-state index in [-0.39, 0.29) is 12.0 Å². The molecule has 0 aliphatic carbocycles. The Morgan fingerprint density at radius 1 is 1.14 bits per heavy atom. The zero-order valence-electron chi connectivity index (χ0n) is 19.0. The van der Waals surface area contributed by atoms with Crippen LogP contribution in [0.2, 0.25) is 22.7 Å². The molecular weight excluding hydrogens is 366 g/mol. The van der Waals surface area contributed by atoms with Gasteiger partial charge < -0.3 is 14.8 Å². The van der Waals surface area contributed by atoms with Gasteiger partial charge in [-0.1, -0.05) is 58.2 Å². The maximum absolute atomic E-state index is 12.5. The normalized spacial score (nSPS) is 19.5. The van der Waals surface area contributed by atoms with Crippen LogP contribution in [0.1, 0.15) is 66.4 Å². The molecular formula is C23H39NO3Si. The van der Waals surface area contributed by atoms with Crippen molar-refractivity contribution in [2.75, 3.05) is 19.0 Å². The van der Waals surface area contributed by atoms with Gasteiger partial charge in [0.2, 0.25) is 0 Å². The van der Waals surface area contributed by atoms with Gasteiger partial charge in [0.15, 0.2) is 0 Å². The first-order valence-corrected chi connectivity index (χ1v) is 13.2. The predicted molar refractivity (Wildman–Crippen MR) is 120 cm³/mol. The Bertz CT molecular complexity index is 650. The van der Waals surface area contributed by atoms with Crippen molar-refractivity contribution in [3.63, 3.8) is 0 Å². The Kier molecular flexibility index (Phi) is 7.60. The first-order chi connectivity index (χ1) is 13.2. The van der Waals surface area contributed by atoms with Gasteiger partial charge in [-0.05, 0) is 49.1 Å². The Hall–Kier alpha value is -1.49. The SMILES string of the molecule is CCOC(=O)C1C[C@@H](C[Si](C(C)C)(C(C)C)C(C)C)c2cc(OC)ccc2N1. The largest absolute Gasteiger partial charge is 0.497 e. The van der Waals surface area contributed by atoms with Crippen molar-refractivity contribution < 1.29 is 14.3 Å². The van der Waals surface area contributed by atoms with E-state index in [4.69, 9.17) is 9.47 Å². The highest BCUT2D eigenvalue weighted by Gasteiger charge is 2.46. The first-order valence-electron chi connectivity index (χ1n) is 10.8. The smallest absolute Gasteiger partial charge is 0.328 e. The number of esters is 1. The second-order valence-corrected chi connectivity index (χ2v) is 15.2. The lowest BCUT2D eigenvalue weighted by Crippen LogP contribution is -2.47. The van der Waals surface area contributed by atoms with Gasteiger partial charge in [0.25, 0.3) is 0 Å². The Balaban J connectivity index is 2.48. The second kappa shape index (κ2) is 9.34. The summed E-state index contributed by atoms with van der Waals surface area (Å²) in [6.45, 7) is 16.7. The zero-order chi connectivity index (χ0) is 21.1. The van der Waals surface area contributed by atoms with E-state index in [2.05, 4.69) is 59.0 Å². The number of anilines is 1. The van der Waals surface area contributed by atoms with E-state index < -0.39 is 8.07 Å². The average molecular weight is 406 g/mol. The minimum absolute atomic E-state index is 0.139. The number of fused-ring (bicyclic) bond motifs is 1. The fourth-order valence-electron chi connectivity index (χ4n) is 5.52. The first kappa shape index (κ1) is 22.8. The quantitative estimate of drug-likeness (QED) is 0.413. The Morgan fingerprint density at radius 2 is 1.75 bits per heavy atom. The number of hydrogen-bond acceptors (Lipinski definition) is 4. The predicted octanol–water partition coefficient (Wildman–Crippen LogP) is 6.20. The highest BCUT2D eigenvalue weighted by atomic mass is 28.3. The van der Waals surface area contributed by atoms with Crippen LogP contribution in [-0.4, -0.2) is 33.8 Å². The maximum Gasteiger partial charge on any atom is 0.328 e. The molecule has 0 aromatic heterocycles. The van der Waals surface area contributed by atoms with E-state index in [0.717, 1.165) is 17.9 Å². The lowest BCUT2D eigenvalue weighted by Gasteiger charge is -2.47. The minimum atomic E-state index is -1.61. The van der Waals surface area contributed by atoms with Gasteiger partial charge in [0.05, 0.1) is 21.8 Å². The second-order valence-electron chi connectivity index (χ2n) is 9.12. The molecule has 1 heterocycles. The van der Waals surface area contributed by atoms with Crippen LogP contribution in [0.4, 0.5) is 5.69 Å². The lowest BCUT2D eigenvalue weighted by atomic mass is 9.88. The molecule has 1 aromatic rings. The molecule has 1 aliphatic rings. The van der Waals surface area contributed by atoms with E-state index >= 15 is 0 Å². The fraction of sp³-hybridized carbons (Fsp3) is 0.696. The topological polar surface area (TPSA) is 47.6 Å². The van der Waals surface area contributed by atoms with Crippen LogP contribution >= 0.6 is 0 Å². The van der Waals surface area contributed by atoms with Crippen LogP contribution in [0, 0.1) is 0 Å². The Labute approximate surface area is 172 Å². The summed E-state index contributed by atoms with van der Waals surface area (Å²) in [5.74, 6) is 1.09. The molecule has 158 valence electrons. The number of ether oxygens (including phenoxy) is 2. The summed E-state index contributed by atoms with van der Waals surface area (Å²) in [6.07, 6.45) is 0.792. The molecule has 0 saturated heterocycles. The van der Waals surface area contributed by atoms with Crippen LogP contribution in [0.15, 0.2) is 18.2 Å². The van der Waals surface area contributed by atoms with Gasteiger partial charge in [-0.3, -0.25) is 0 Å². The van der Waals surface area contributed by atoms with Gasteiger partial charge in [-0.25, -0.2) is 4.79 Å². The molecule has 0 radical (unpaired) electrons. The highest BCUT2D eigenvalue weighted by molar-refractivity contribution is 6.83. The van der Waals surface area contributed by atoms with Crippen LogP contribution < -0.4 is 10.1 Å². The average Bonchev–Trinajstić information content (AvgIpc) is 2.64. The molecule has 4 nitrogen and oxygen atoms in total. The van der Waals surface area contributed by atoms with Gasteiger partial charge in [-0.15, -0.1) is 0 Å². The van der Waals surface area contributed by atoms with Crippen molar-refractivity contribution in [3.05, 3.63) is 23.8 Å². The fourth-order valence-corrected chi connectivity index (χ4v) is 12.2. The van der Waals surface area contributed by atoms with E-state index in [1.54, 1.807) is 7.11 Å². The molecule has 0 bridgehead atoms. The molecule has 1 unspecified atom stereocenters. The van der Waals surface area contributed by atoms with Crippen LogP contribution in [0.25, 0.3) is 0 Å². The number of nitrogens with one attached hydrogen (secondary N) is 1. The summed E-state index contributed by atoms with van der Waals surface area (Å²) in [5, 5.41) is 3.42. The van der Waals surface area contributed by atoms with Gasteiger partial charge in [0, 0.05) is 5.69 Å². The molecule has 0 fully saturated rings. The van der Waals surface area contributed by atoms with Crippen LogP contribution in [0.3, 0.4) is 0 Å². The molecule has 0 saturated carbocycles. The van der Waals surface area contributed by atoms with Crippen molar-refractivity contribution in [2.24, 2.45) is 0 Å². The molecule has 5 heteroatoms. The molecule has 1 aromatic carbocycles. The summed E-state index contributed by atoms with van der Waals surface area (Å²) in [6, 6.07) is 7.10. The molecule has 0 spiro atoms. The maximum atomic E-state index is 12.5. The van der Waals surface area contributed by atoms with Crippen molar-refractivity contribution in [1.29, 1.82) is 0 Å². The summed E-state index contributed by atoms with van der Waals surface area (Å²) < 4.78 is 10.9. The Morgan fingerprint density at radius 3 is 2.25 bits per heavy atom. The summed E-state index contributed by atoms with van der Waals surface area (Å²) in [5.41, 5.74) is 4.42. The minimum Gasteiger partial charge on any atom is -0.497 e. The molecule has 1 N–H and O–H groups in total. The van der Waals surface area contributed by atoms with Gasteiger partial charge in [0.1, 0.15) is 11.8 Å². The summed E-state index contributed by atoms with van der Waals surface area (Å²) >= 11 is 0. The number of carbonyl (C=O) groups excluding carboxylic acids is 1. The number of rotatable bonds is 8. The van der Waals surface area contributed by atoms with E-state index in [0.29, 0.717) is 29.1 Å². The monoisotopic (exact) mass is 405 g/mol. The van der Waals surface area contributed by atoms with E-state index in [1.165, 1.54) is 11.6 Å². The van der Waals surface area contributed by atoms with Crippen molar-refractivity contribution in [2.45, 2.75) is 89.5 Å². The van der Waals surface area contributed by atoms with Crippen molar-refractivity contribution in [1.82, 2.24) is 0 Å². The third kappa shape index (κ3) is 4.40. The van der Waals surface area contributed by atoms with Crippen molar-refractivity contribution >= 4 is 19.7 Å². The van der Waals surface area contributed by atoms with E-state index in [9.17, 15) is 4.79 Å². The van der Waals surface area contributed by atoms with E-state index in [1.807, 2.05) is 13.0 Å². The molecule has 0 amide bonds. The third-order valence-electron chi connectivity index (χ3n) is 6.94. The summed E-state index contributed by atoms with van der Waals surface area (Å²) in [4.78, 5) is 12.5. The molecule has 1 aliphatic heterocycles. The summed E-state index contributed by atoms with van der Waals surface area (Å²) in [7, 11) is 0.0975. The molecule has 28 heavy (non-hydrogen) atoms. The lowest BCUT2D eigenvalue weighted by molar-refractivity contribution is -0.144. The molecule has 2 atom stereocenters. The standard InChI is InChI=1S/C23H39NO3Si/c1-9-27-23(25)22-12-18(14-28(15(2)3,16(4)5)17(6)7)20-13-19(26-8)10-11-21(20)24-22/h10-11,13,15-18,22,24H,9,12,14H2,1-8H3/t18-,22?/m0/s1. The van der Waals surface area contributed by atoms with Gasteiger partial charge >= 0.3 is 5.97 Å². The van der Waals surface area contributed by atoms with Gasteiger partial charge in [-0.2, -0.15) is 0 Å². The third-order valence-corrected chi connectivity index (χ3v) is 14.6. The van der Waals surface area contributed by atoms with Crippen LogP contribution in [0.5, 0.6) is 5.75 Å². The van der Waals surface area contributed by atoms with Crippen molar-refractivity contribution in [3.8, 4) is 5.75 Å². The number of benzene rings is 1.